The monoisotopic (exact) mass is 675 g/mol. The number of ether oxygens (including phenoxy) is 1. The Hall–Kier alpha value is -4.71. The molecule has 2 aromatic carbocycles. The van der Waals surface area contributed by atoms with Crippen LogP contribution >= 0.6 is 11.3 Å². The van der Waals surface area contributed by atoms with Crippen LogP contribution < -0.4 is 26.0 Å². The summed E-state index contributed by atoms with van der Waals surface area (Å²) in [6.07, 6.45) is 2.01. The van der Waals surface area contributed by atoms with Crippen molar-refractivity contribution < 1.29 is 28.7 Å². The van der Waals surface area contributed by atoms with Crippen molar-refractivity contribution >= 4 is 40.9 Å². The van der Waals surface area contributed by atoms with Crippen LogP contribution in [-0.2, 0) is 27.3 Å². The maximum absolute atomic E-state index is 13.8. The van der Waals surface area contributed by atoms with Crippen LogP contribution in [0.1, 0.15) is 71.9 Å². The fourth-order valence-electron chi connectivity index (χ4n) is 5.37. The number of carbonyl (C=O) groups is 5. The van der Waals surface area contributed by atoms with Crippen molar-refractivity contribution in [2.45, 2.75) is 71.1 Å². The first kappa shape index (κ1) is 36.1. The Balaban J connectivity index is 1.60. The Labute approximate surface area is 285 Å². The largest absolute Gasteiger partial charge is 0.497 e. The zero-order valence-electron chi connectivity index (χ0n) is 27.9. The minimum atomic E-state index is -1.02. The smallest absolute Gasteiger partial charge is 0.254 e. The molecule has 3 heterocycles. The summed E-state index contributed by atoms with van der Waals surface area (Å²) in [5.41, 5.74) is 2.60. The molecule has 12 heteroatoms. The summed E-state index contributed by atoms with van der Waals surface area (Å²) < 4.78 is 5.25. The molecule has 3 aromatic rings. The van der Waals surface area contributed by atoms with Crippen molar-refractivity contribution in [1.29, 1.82) is 0 Å². The second-order valence-electron chi connectivity index (χ2n) is 12.1. The molecule has 4 N–H and O–H groups in total. The van der Waals surface area contributed by atoms with E-state index in [4.69, 9.17) is 4.74 Å². The number of thiophene rings is 1. The Kier molecular flexibility index (Phi) is 13.1. The molecule has 2 aliphatic heterocycles. The third-order valence-corrected chi connectivity index (χ3v) is 9.25. The molecule has 11 nitrogen and oxygen atoms in total. The zero-order chi connectivity index (χ0) is 34.6. The van der Waals surface area contributed by atoms with E-state index in [0.717, 1.165) is 11.1 Å². The zero-order valence-corrected chi connectivity index (χ0v) is 28.7. The maximum atomic E-state index is 13.8. The van der Waals surface area contributed by atoms with Gasteiger partial charge in [0.25, 0.3) is 11.8 Å². The Bertz CT molecular complexity index is 1540. The third kappa shape index (κ3) is 9.90. The van der Waals surface area contributed by atoms with Gasteiger partial charge in [0.2, 0.25) is 17.7 Å². The molecule has 1 aromatic heterocycles. The van der Waals surface area contributed by atoms with E-state index in [2.05, 4.69) is 21.3 Å². The molecule has 5 rings (SSSR count). The van der Waals surface area contributed by atoms with Crippen molar-refractivity contribution in [3.63, 3.8) is 0 Å². The van der Waals surface area contributed by atoms with Gasteiger partial charge in [0.05, 0.1) is 12.7 Å². The van der Waals surface area contributed by atoms with Gasteiger partial charge in [-0.1, -0.05) is 44.5 Å². The number of methoxy groups -OCH3 is 1. The van der Waals surface area contributed by atoms with Gasteiger partial charge in [-0.2, -0.15) is 11.3 Å². The third-order valence-electron chi connectivity index (χ3n) is 8.56. The number of hydrogen-bond donors (Lipinski definition) is 4. The quantitative estimate of drug-likeness (QED) is 0.294. The molecule has 0 spiro atoms. The van der Waals surface area contributed by atoms with Crippen LogP contribution in [0.5, 0.6) is 5.75 Å². The summed E-state index contributed by atoms with van der Waals surface area (Å²) >= 11 is 1.45. The van der Waals surface area contributed by atoms with E-state index in [1.807, 2.05) is 24.6 Å². The Morgan fingerprint density at radius 2 is 1.67 bits per heavy atom. The lowest BCUT2D eigenvalue weighted by atomic mass is 9.96. The molecule has 0 aliphatic carbocycles. The molecule has 48 heavy (non-hydrogen) atoms. The van der Waals surface area contributed by atoms with Gasteiger partial charge in [0.1, 0.15) is 23.9 Å². The van der Waals surface area contributed by atoms with E-state index >= 15 is 0 Å². The summed E-state index contributed by atoms with van der Waals surface area (Å²) in [7, 11) is 1.56. The van der Waals surface area contributed by atoms with Gasteiger partial charge in [0.15, 0.2) is 0 Å². The topological polar surface area (TPSA) is 146 Å². The van der Waals surface area contributed by atoms with Crippen LogP contribution in [0.3, 0.4) is 0 Å². The number of amides is 5. The SMILES string of the molecule is CC[C@H](C)C1NC(=O)c2ccc(cc2)CN(C(=O)c2ccsc2)CCCCNC(=O)[C@@H](C)NC(=O)[C@H](Cc2ccc(OC)cc2)NC1=O. The van der Waals surface area contributed by atoms with Crippen LogP contribution in [0.2, 0.25) is 0 Å². The average molecular weight is 676 g/mol. The Morgan fingerprint density at radius 3 is 2.31 bits per heavy atom. The van der Waals surface area contributed by atoms with Gasteiger partial charge in [0, 0.05) is 37.0 Å². The van der Waals surface area contributed by atoms with Crippen molar-refractivity contribution in [3.8, 4) is 5.75 Å². The summed E-state index contributed by atoms with van der Waals surface area (Å²) in [4.78, 5) is 68.8. The Morgan fingerprint density at radius 1 is 0.938 bits per heavy atom. The predicted molar refractivity (Wildman–Crippen MR) is 185 cm³/mol. The van der Waals surface area contributed by atoms with E-state index in [1.165, 1.54) is 11.3 Å². The predicted octanol–water partition coefficient (Wildman–Crippen LogP) is 3.69. The molecule has 0 fully saturated rings. The normalized spacial score (nSPS) is 20.8. The van der Waals surface area contributed by atoms with Gasteiger partial charge in [-0.25, -0.2) is 0 Å². The molecular weight excluding hydrogens is 630 g/mol. The highest BCUT2D eigenvalue weighted by Crippen LogP contribution is 2.17. The van der Waals surface area contributed by atoms with Gasteiger partial charge < -0.3 is 30.9 Å². The first-order valence-corrected chi connectivity index (χ1v) is 17.3. The lowest BCUT2D eigenvalue weighted by molar-refractivity contribution is -0.132. The van der Waals surface area contributed by atoms with Gasteiger partial charge in [-0.05, 0) is 72.5 Å². The van der Waals surface area contributed by atoms with E-state index in [1.54, 1.807) is 73.5 Å². The average Bonchev–Trinajstić information content (AvgIpc) is 3.64. The highest BCUT2D eigenvalue weighted by molar-refractivity contribution is 7.08. The number of hydrogen-bond acceptors (Lipinski definition) is 7. The van der Waals surface area contributed by atoms with Crippen molar-refractivity contribution in [2.75, 3.05) is 20.2 Å². The van der Waals surface area contributed by atoms with Crippen LogP contribution in [0.4, 0.5) is 0 Å². The summed E-state index contributed by atoms with van der Waals surface area (Å²) in [6.45, 7) is 6.55. The van der Waals surface area contributed by atoms with E-state index in [-0.39, 0.29) is 24.2 Å². The number of benzene rings is 2. The van der Waals surface area contributed by atoms with Crippen molar-refractivity contribution in [3.05, 3.63) is 87.6 Å². The van der Waals surface area contributed by atoms with Crippen LogP contribution in [0.25, 0.3) is 0 Å². The first-order valence-electron chi connectivity index (χ1n) is 16.3. The minimum Gasteiger partial charge on any atom is -0.497 e. The van der Waals surface area contributed by atoms with E-state index < -0.39 is 35.8 Å². The lowest BCUT2D eigenvalue weighted by Crippen LogP contribution is -2.58. The molecular formula is C36H45N5O6S. The van der Waals surface area contributed by atoms with Crippen LogP contribution in [-0.4, -0.2) is 72.8 Å². The van der Waals surface area contributed by atoms with Gasteiger partial charge in [-0.15, -0.1) is 0 Å². The van der Waals surface area contributed by atoms with Gasteiger partial charge in [-0.3, -0.25) is 24.0 Å². The maximum Gasteiger partial charge on any atom is 0.254 e. The second kappa shape index (κ2) is 17.4. The molecule has 0 radical (unpaired) electrons. The van der Waals surface area contributed by atoms with Crippen molar-refractivity contribution in [2.24, 2.45) is 5.92 Å². The number of fused-ring (bicyclic) bond motifs is 18. The molecule has 0 saturated heterocycles. The van der Waals surface area contributed by atoms with Crippen LogP contribution in [0.15, 0.2) is 65.4 Å². The lowest BCUT2D eigenvalue weighted by Gasteiger charge is -2.27. The standard InChI is InChI=1S/C36H45N5O6S/c1-5-23(2)31-35(45)39-30(20-25-10-14-29(47-4)15-11-25)34(44)38-24(3)32(42)37-17-6-7-18-41(36(46)28-16-19-48-22-28)21-26-8-12-27(13-9-26)33(43)40-31/h8-16,19,22-24,30-31H,5-7,17-18,20-21H2,1-4H3,(H,37,42)(H,38,44)(H,39,45)(H,40,43)/t23-,24+,30-,31?/m0/s1. The number of nitrogens with one attached hydrogen (secondary N) is 4. The van der Waals surface area contributed by atoms with E-state index in [0.29, 0.717) is 55.8 Å². The molecule has 1 unspecified atom stereocenters. The molecule has 0 saturated carbocycles. The molecule has 2 bridgehead atoms. The number of nitrogens with zero attached hydrogens (tertiary/aromatic N) is 1. The van der Waals surface area contributed by atoms with Crippen molar-refractivity contribution in [1.82, 2.24) is 26.2 Å². The van der Waals surface area contributed by atoms with E-state index in [9.17, 15) is 24.0 Å². The summed E-state index contributed by atoms with van der Waals surface area (Å²) in [5.74, 6) is -1.52. The fourth-order valence-corrected chi connectivity index (χ4v) is 6.00. The second-order valence-corrected chi connectivity index (χ2v) is 12.9. The number of rotatable bonds is 6. The molecule has 256 valence electrons. The molecule has 4 atom stereocenters. The number of carbonyl (C=O) groups excluding carboxylic acids is 5. The highest BCUT2D eigenvalue weighted by atomic mass is 32.1. The highest BCUT2D eigenvalue weighted by Gasteiger charge is 2.31. The van der Waals surface area contributed by atoms with Crippen LogP contribution in [0, 0.1) is 5.92 Å². The fraction of sp³-hybridized carbons (Fsp3) is 0.417. The molecule has 5 amide bonds. The summed E-state index contributed by atoms with van der Waals surface area (Å²) in [5, 5.41) is 15.0. The molecule has 2 aliphatic rings. The summed E-state index contributed by atoms with van der Waals surface area (Å²) in [6, 6.07) is 13.1. The minimum absolute atomic E-state index is 0.0940. The first-order chi connectivity index (χ1) is 23.1. The van der Waals surface area contributed by atoms with Gasteiger partial charge >= 0.3 is 0 Å².